The summed E-state index contributed by atoms with van der Waals surface area (Å²) in [5.74, 6) is 0.0460. The van der Waals surface area contributed by atoms with Crippen molar-refractivity contribution in [2.75, 3.05) is 0 Å². The van der Waals surface area contributed by atoms with E-state index in [1.54, 1.807) is 18.2 Å². The van der Waals surface area contributed by atoms with E-state index >= 15 is 0 Å². The number of hydrogen-bond donors (Lipinski definition) is 1. The number of nitrogens with zero attached hydrogens (tertiary/aromatic N) is 2. The van der Waals surface area contributed by atoms with E-state index in [2.05, 4.69) is 36.3 Å². The zero-order valence-corrected chi connectivity index (χ0v) is 15.2. The minimum absolute atomic E-state index is 0.102. The second kappa shape index (κ2) is 7.40. The fourth-order valence-corrected chi connectivity index (χ4v) is 2.85. The van der Waals surface area contributed by atoms with E-state index in [9.17, 15) is 9.90 Å². The first-order valence-electron chi connectivity index (χ1n) is 8.55. The van der Waals surface area contributed by atoms with Gasteiger partial charge in [0.2, 0.25) is 0 Å². The first-order chi connectivity index (χ1) is 12.4. The summed E-state index contributed by atoms with van der Waals surface area (Å²) >= 11 is 0. The van der Waals surface area contributed by atoms with E-state index < -0.39 is 0 Å². The maximum absolute atomic E-state index is 12.3. The highest BCUT2D eigenvalue weighted by Crippen LogP contribution is 2.18. The molecule has 1 N–H and O–H groups in total. The zero-order chi connectivity index (χ0) is 18.7. The Labute approximate surface area is 153 Å². The van der Waals surface area contributed by atoms with Crippen molar-refractivity contribution >= 4 is 11.9 Å². The van der Waals surface area contributed by atoms with Gasteiger partial charge in [-0.25, -0.2) is 0 Å². The molecule has 0 saturated heterocycles. The van der Waals surface area contributed by atoms with E-state index in [0.717, 1.165) is 17.0 Å². The molecule has 3 aromatic rings. The molecule has 0 fully saturated rings. The lowest BCUT2D eigenvalue weighted by Crippen LogP contribution is -2.04. The second-order valence-electron chi connectivity index (χ2n) is 6.47. The first-order valence-corrected chi connectivity index (χ1v) is 8.55. The molecule has 0 amide bonds. The van der Waals surface area contributed by atoms with E-state index in [4.69, 9.17) is 0 Å². The Morgan fingerprint density at radius 3 is 2.35 bits per heavy atom. The summed E-state index contributed by atoms with van der Waals surface area (Å²) < 4.78 is 1.96. The molecule has 0 aliphatic rings. The smallest absolute Gasteiger partial charge is 0.185 e. The van der Waals surface area contributed by atoms with E-state index in [1.807, 2.05) is 24.6 Å². The van der Waals surface area contributed by atoms with Crippen molar-refractivity contribution < 1.29 is 9.90 Å². The first kappa shape index (κ1) is 17.7. The molecule has 4 heteroatoms. The lowest BCUT2D eigenvalue weighted by atomic mass is 10.1. The van der Waals surface area contributed by atoms with Crippen LogP contribution >= 0.6 is 0 Å². The molecule has 132 valence electrons. The van der Waals surface area contributed by atoms with Crippen molar-refractivity contribution in [3.63, 3.8) is 0 Å². The van der Waals surface area contributed by atoms with Crippen LogP contribution < -0.4 is 0 Å². The summed E-state index contributed by atoms with van der Waals surface area (Å²) in [6, 6.07) is 14.7. The Hall–Kier alpha value is -3.14. The number of ketones is 1. The number of benzene rings is 2. The van der Waals surface area contributed by atoms with Gasteiger partial charge >= 0.3 is 0 Å². The summed E-state index contributed by atoms with van der Waals surface area (Å²) in [6.45, 7) is 6.73. The van der Waals surface area contributed by atoms with Crippen LogP contribution in [-0.4, -0.2) is 20.7 Å². The van der Waals surface area contributed by atoms with Gasteiger partial charge in [-0.05, 0) is 62.8 Å². The number of carbonyl (C=O) groups is 1. The van der Waals surface area contributed by atoms with Gasteiger partial charge in [0, 0.05) is 16.8 Å². The minimum Gasteiger partial charge on any atom is -0.508 e. The second-order valence-corrected chi connectivity index (χ2v) is 6.47. The average Bonchev–Trinajstić information content (AvgIpc) is 2.89. The molecule has 26 heavy (non-hydrogen) atoms. The van der Waals surface area contributed by atoms with E-state index in [0.29, 0.717) is 12.1 Å². The minimum atomic E-state index is -0.102. The van der Waals surface area contributed by atoms with Gasteiger partial charge in [0.15, 0.2) is 5.78 Å². The molecule has 0 spiro atoms. The monoisotopic (exact) mass is 346 g/mol. The fraction of sp³-hybridized carbons (Fsp3) is 0.182. The van der Waals surface area contributed by atoms with Crippen molar-refractivity contribution in [3.05, 3.63) is 88.2 Å². The van der Waals surface area contributed by atoms with Crippen LogP contribution in [0.1, 0.15) is 38.4 Å². The molecule has 0 aliphatic carbocycles. The Balaban J connectivity index is 1.80. The Kier molecular flexibility index (Phi) is 5.03. The number of aryl methyl sites for hydroxylation is 2. The predicted octanol–water partition coefficient (Wildman–Crippen LogP) is 4.46. The molecule has 0 saturated carbocycles. The van der Waals surface area contributed by atoms with Crippen molar-refractivity contribution in [2.45, 2.75) is 27.3 Å². The molecule has 0 atom stereocenters. The number of phenols is 1. The van der Waals surface area contributed by atoms with E-state index in [-0.39, 0.29) is 11.5 Å². The predicted molar refractivity (Wildman–Crippen MR) is 103 cm³/mol. The van der Waals surface area contributed by atoms with Crippen LogP contribution in [0.3, 0.4) is 0 Å². The summed E-state index contributed by atoms with van der Waals surface area (Å²) in [5, 5.41) is 13.9. The van der Waals surface area contributed by atoms with Gasteiger partial charge in [-0.2, -0.15) is 5.10 Å². The third-order valence-corrected chi connectivity index (χ3v) is 4.44. The number of aromatic hydroxyl groups is 1. The van der Waals surface area contributed by atoms with Gasteiger partial charge in [0.1, 0.15) is 5.75 Å². The molecule has 0 radical (unpaired) electrons. The van der Waals surface area contributed by atoms with Crippen LogP contribution in [0.2, 0.25) is 0 Å². The molecular weight excluding hydrogens is 324 g/mol. The topological polar surface area (TPSA) is 55.1 Å². The summed E-state index contributed by atoms with van der Waals surface area (Å²) in [7, 11) is 0. The quantitative estimate of drug-likeness (QED) is 0.548. The number of phenolic OH excluding ortho intramolecular Hbond substituents is 1. The molecule has 0 unspecified atom stereocenters. The van der Waals surface area contributed by atoms with Crippen molar-refractivity contribution in [3.8, 4) is 5.75 Å². The highest BCUT2D eigenvalue weighted by atomic mass is 16.3. The fourth-order valence-electron chi connectivity index (χ4n) is 2.85. The third kappa shape index (κ3) is 3.91. The lowest BCUT2D eigenvalue weighted by molar-refractivity contribution is 0.104. The maximum Gasteiger partial charge on any atom is 0.185 e. The van der Waals surface area contributed by atoms with Gasteiger partial charge in [-0.15, -0.1) is 0 Å². The van der Waals surface area contributed by atoms with E-state index in [1.165, 1.54) is 23.3 Å². The molecule has 1 aromatic heterocycles. The number of allylic oxidation sites excluding steroid dienone is 1. The Bertz CT molecular complexity index is 949. The number of aromatic nitrogens is 2. The Morgan fingerprint density at radius 1 is 1.04 bits per heavy atom. The van der Waals surface area contributed by atoms with Gasteiger partial charge in [-0.3, -0.25) is 9.48 Å². The molecule has 4 nitrogen and oxygen atoms in total. The normalized spacial score (nSPS) is 11.2. The molecule has 0 bridgehead atoms. The van der Waals surface area contributed by atoms with Crippen LogP contribution in [0.4, 0.5) is 0 Å². The summed E-state index contributed by atoms with van der Waals surface area (Å²) in [5.41, 5.74) is 5.85. The largest absolute Gasteiger partial charge is 0.508 e. The summed E-state index contributed by atoms with van der Waals surface area (Å²) in [6.07, 6.45) is 3.37. The van der Waals surface area contributed by atoms with Gasteiger partial charge in [0.05, 0.1) is 12.2 Å². The van der Waals surface area contributed by atoms with Crippen LogP contribution in [0.5, 0.6) is 5.75 Å². The highest BCUT2D eigenvalue weighted by molar-refractivity contribution is 6.06. The van der Waals surface area contributed by atoms with Crippen LogP contribution in [0.25, 0.3) is 6.08 Å². The molecule has 2 aromatic carbocycles. The standard InChI is InChI=1S/C22H22N2O2/c1-15-4-6-18(7-5-15)14-24-17(3)21(16(2)23-24)12-13-22(26)19-8-10-20(25)11-9-19/h4-13,25H,14H2,1-3H3. The molecular formula is C22H22N2O2. The van der Waals surface area contributed by atoms with Crippen molar-refractivity contribution in [2.24, 2.45) is 0 Å². The van der Waals surface area contributed by atoms with Gasteiger partial charge in [-0.1, -0.05) is 29.8 Å². The van der Waals surface area contributed by atoms with Gasteiger partial charge in [0.25, 0.3) is 0 Å². The number of rotatable bonds is 5. The molecule has 3 rings (SSSR count). The Morgan fingerprint density at radius 2 is 1.69 bits per heavy atom. The average molecular weight is 346 g/mol. The SMILES string of the molecule is Cc1ccc(Cn2nc(C)c(C=CC(=O)c3ccc(O)cc3)c2C)cc1. The maximum atomic E-state index is 12.3. The number of carbonyl (C=O) groups excluding carboxylic acids is 1. The van der Waals surface area contributed by atoms with Crippen LogP contribution in [0, 0.1) is 20.8 Å². The van der Waals surface area contributed by atoms with Gasteiger partial charge < -0.3 is 5.11 Å². The van der Waals surface area contributed by atoms with Crippen LogP contribution in [0.15, 0.2) is 54.6 Å². The highest BCUT2D eigenvalue weighted by Gasteiger charge is 2.10. The zero-order valence-electron chi connectivity index (χ0n) is 15.2. The third-order valence-electron chi connectivity index (χ3n) is 4.44. The lowest BCUT2D eigenvalue weighted by Gasteiger charge is -2.05. The summed E-state index contributed by atoms with van der Waals surface area (Å²) in [4.78, 5) is 12.3. The number of hydrogen-bond acceptors (Lipinski definition) is 3. The van der Waals surface area contributed by atoms with Crippen LogP contribution in [-0.2, 0) is 6.54 Å². The molecule has 0 aliphatic heterocycles. The van der Waals surface area contributed by atoms with Crippen molar-refractivity contribution in [1.29, 1.82) is 0 Å². The van der Waals surface area contributed by atoms with Crippen molar-refractivity contribution in [1.82, 2.24) is 9.78 Å². The molecule has 1 heterocycles.